The number of carbonyl (C=O) groups excluding carboxylic acids is 2. The molecule has 1 aliphatic rings. The van der Waals surface area contributed by atoms with Crippen LogP contribution in [0.1, 0.15) is 40.7 Å². The van der Waals surface area contributed by atoms with E-state index in [-0.39, 0.29) is 11.8 Å². The molecule has 0 bridgehead atoms. The van der Waals surface area contributed by atoms with Crippen molar-refractivity contribution in [2.75, 3.05) is 5.32 Å². The van der Waals surface area contributed by atoms with E-state index in [2.05, 4.69) is 10.6 Å². The smallest absolute Gasteiger partial charge is 0.240 e. The topological polar surface area (TPSA) is 58.2 Å². The molecule has 4 heteroatoms. The van der Waals surface area contributed by atoms with Gasteiger partial charge >= 0.3 is 0 Å². The molecule has 0 radical (unpaired) electrons. The van der Waals surface area contributed by atoms with Crippen LogP contribution < -0.4 is 10.6 Å². The van der Waals surface area contributed by atoms with E-state index < -0.39 is 5.41 Å². The number of carbonyl (C=O) groups is 2. The second-order valence-electron chi connectivity index (χ2n) is 7.48. The van der Waals surface area contributed by atoms with Crippen LogP contribution in [0.2, 0.25) is 0 Å². The number of amides is 2. The summed E-state index contributed by atoms with van der Waals surface area (Å²) in [5.74, 6) is -0.382. The van der Waals surface area contributed by atoms with Crippen molar-refractivity contribution < 1.29 is 9.59 Å². The molecule has 4 nitrogen and oxygen atoms in total. The predicted octanol–water partition coefficient (Wildman–Crippen LogP) is 3.96. The Morgan fingerprint density at radius 1 is 0.885 bits per heavy atom. The lowest BCUT2D eigenvalue weighted by Crippen LogP contribution is -2.39. The molecule has 136 valence electrons. The molecule has 0 saturated heterocycles. The van der Waals surface area contributed by atoms with E-state index in [0.29, 0.717) is 19.4 Å². The van der Waals surface area contributed by atoms with Gasteiger partial charge in [0.2, 0.25) is 11.8 Å². The van der Waals surface area contributed by atoms with Crippen LogP contribution in [0.4, 0.5) is 5.69 Å². The monoisotopic (exact) mass is 350 g/mol. The highest BCUT2D eigenvalue weighted by molar-refractivity contribution is 6.13. The lowest BCUT2D eigenvalue weighted by Gasteiger charge is -2.18. The average molecular weight is 350 g/mol. The summed E-state index contributed by atoms with van der Waals surface area (Å²) in [6.07, 6.45) is 1.20. The molecule has 0 heterocycles. The Morgan fingerprint density at radius 2 is 1.46 bits per heavy atom. The third kappa shape index (κ3) is 3.64. The lowest BCUT2D eigenvalue weighted by atomic mass is 10.0. The van der Waals surface area contributed by atoms with E-state index in [1.54, 1.807) is 0 Å². The molecule has 1 aliphatic carbocycles. The Kier molecular flexibility index (Phi) is 4.86. The van der Waals surface area contributed by atoms with Gasteiger partial charge in [-0.25, -0.2) is 0 Å². The van der Waals surface area contributed by atoms with E-state index >= 15 is 0 Å². The summed E-state index contributed by atoms with van der Waals surface area (Å²) in [4.78, 5) is 25.5. The quantitative estimate of drug-likeness (QED) is 0.802. The van der Waals surface area contributed by atoms with Crippen molar-refractivity contribution >= 4 is 17.5 Å². The molecule has 0 aromatic heterocycles. The minimum Gasteiger partial charge on any atom is -0.351 e. The van der Waals surface area contributed by atoms with E-state index in [1.807, 2.05) is 64.1 Å². The van der Waals surface area contributed by atoms with Gasteiger partial charge in [-0.05, 0) is 57.2 Å². The number of hydrogen-bond donors (Lipinski definition) is 2. The zero-order chi connectivity index (χ0) is 18.9. The van der Waals surface area contributed by atoms with Gasteiger partial charge in [0.1, 0.15) is 5.41 Å². The maximum atomic E-state index is 12.8. The fourth-order valence-corrected chi connectivity index (χ4v) is 3.35. The van der Waals surface area contributed by atoms with Crippen LogP contribution in [0.5, 0.6) is 0 Å². The standard InChI is InChI=1S/C22H26N2O2/c1-14-5-7-18(8-6-14)13-23-20(25)22(9-10-22)21(26)24-19-16(3)11-15(2)12-17(19)4/h5-8,11-12H,9-10,13H2,1-4H3,(H,23,25)(H,24,26). The average Bonchev–Trinajstić information content (AvgIpc) is 3.39. The van der Waals surface area contributed by atoms with Crippen LogP contribution in [-0.2, 0) is 16.1 Å². The molecule has 0 atom stereocenters. The highest BCUT2D eigenvalue weighted by atomic mass is 16.2. The van der Waals surface area contributed by atoms with Gasteiger partial charge in [-0.3, -0.25) is 9.59 Å². The third-order valence-electron chi connectivity index (χ3n) is 5.11. The molecule has 2 N–H and O–H groups in total. The number of rotatable bonds is 5. The molecule has 2 amide bonds. The summed E-state index contributed by atoms with van der Waals surface area (Å²) in [7, 11) is 0. The fourth-order valence-electron chi connectivity index (χ4n) is 3.35. The number of nitrogens with one attached hydrogen (secondary N) is 2. The van der Waals surface area contributed by atoms with Crippen LogP contribution in [0, 0.1) is 33.1 Å². The van der Waals surface area contributed by atoms with Gasteiger partial charge in [0, 0.05) is 12.2 Å². The Labute approximate surface area is 155 Å². The largest absolute Gasteiger partial charge is 0.351 e. The van der Waals surface area contributed by atoms with Gasteiger partial charge in [-0.15, -0.1) is 0 Å². The Morgan fingerprint density at radius 3 is 2.00 bits per heavy atom. The first-order valence-corrected chi connectivity index (χ1v) is 9.05. The second-order valence-corrected chi connectivity index (χ2v) is 7.48. The fraction of sp³-hybridized carbons (Fsp3) is 0.364. The zero-order valence-electron chi connectivity index (χ0n) is 15.9. The summed E-state index contributed by atoms with van der Waals surface area (Å²) in [6.45, 7) is 8.46. The minimum absolute atomic E-state index is 0.182. The van der Waals surface area contributed by atoms with E-state index in [1.165, 1.54) is 5.56 Å². The van der Waals surface area contributed by atoms with Gasteiger partial charge in [-0.2, -0.15) is 0 Å². The Hall–Kier alpha value is -2.62. The molecule has 0 aliphatic heterocycles. The number of aryl methyl sites for hydroxylation is 4. The van der Waals surface area contributed by atoms with Crippen LogP contribution in [0.15, 0.2) is 36.4 Å². The van der Waals surface area contributed by atoms with Crippen molar-refractivity contribution in [2.24, 2.45) is 5.41 Å². The summed E-state index contributed by atoms with van der Waals surface area (Å²) >= 11 is 0. The highest BCUT2D eigenvalue weighted by Gasteiger charge is 2.56. The minimum atomic E-state index is -0.922. The first-order chi connectivity index (χ1) is 12.3. The van der Waals surface area contributed by atoms with Gasteiger partial charge < -0.3 is 10.6 Å². The van der Waals surface area contributed by atoms with Crippen LogP contribution in [0.3, 0.4) is 0 Å². The molecule has 2 aromatic carbocycles. The van der Waals surface area contributed by atoms with Gasteiger partial charge in [-0.1, -0.05) is 47.5 Å². The number of anilines is 1. The first-order valence-electron chi connectivity index (χ1n) is 9.05. The zero-order valence-corrected chi connectivity index (χ0v) is 15.9. The van der Waals surface area contributed by atoms with E-state index in [9.17, 15) is 9.59 Å². The molecule has 0 unspecified atom stereocenters. The maximum absolute atomic E-state index is 12.8. The van der Waals surface area contributed by atoms with Crippen LogP contribution >= 0.6 is 0 Å². The molecule has 1 fully saturated rings. The number of hydrogen-bond acceptors (Lipinski definition) is 2. The highest BCUT2D eigenvalue weighted by Crippen LogP contribution is 2.47. The Balaban J connectivity index is 1.67. The van der Waals surface area contributed by atoms with Gasteiger partial charge in [0.05, 0.1) is 0 Å². The van der Waals surface area contributed by atoms with E-state index in [4.69, 9.17) is 0 Å². The van der Waals surface area contributed by atoms with Crippen molar-refractivity contribution in [3.05, 3.63) is 64.2 Å². The van der Waals surface area contributed by atoms with Gasteiger partial charge in [0.15, 0.2) is 0 Å². The van der Waals surface area contributed by atoms with E-state index in [0.717, 1.165) is 27.9 Å². The summed E-state index contributed by atoms with van der Waals surface area (Å²) < 4.78 is 0. The molecule has 3 rings (SSSR count). The molecule has 1 saturated carbocycles. The predicted molar refractivity (Wildman–Crippen MR) is 104 cm³/mol. The molecular formula is C22H26N2O2. The second kappa shape index (κ2) is 6.94. The van der Waals surface area contributed by atoms with Crippen molar-refractivity contribution in [3.8, 4) is 0 Å². The van der Waals surface area contributed by atoms with Crippen LogP contribution in [0.25, 0.3) is 0 Å². The summed E-state index contributed by atoms with van der Waals surface area (Å²) in [5.41, 5.74) is 5.31. The summed E-state index contributed by atoms with van der Waals surface area (Å²) in [6, 6.07) is 12.1. The molecular weight excluding hydrogens is 324 g/mol. The lowest BCUT2D eigenvalue weighted by molar-refractivity contribution is -0.134. The normalized spacial score (nSPS) is 14.6. The summed E-state index contributed by atoms with van der Waals surface area (Å²) in [5, 5.41) is 5.92. The van der Waals surface area contributed by atoms with Crippen molar-refractivity contribution in [3.63, 3.8) is 0 Å². The first kappa shape index (κ1) is 18.2. The number of benzene rings is 2. The SMILES string of the molecule is Cc1ccc(CNC(=O)C2(C(=O)Nc3c(C)cc(C)cc3C)CC2)cc1. The Bertz CT molecular complexity index is 826. The molecule has 2 aromatic rings. The van der Waals surface area contributed by atoms with Crippen molar-refractivity contribution in [2.45, 2.75) is 47.1 Å². The maximum Gasteiger partial charge on any atom is 0.240 e. The van der Waals surface area contributed by atoms with Crippen LogP contribution in [-0.4, -0.2) is 11.8 Å². The van der Waals surface area contributed by atoms with Gasteiger partial charge in [0.25, 0.3) is 0 Å². The third-order valence-corrected chi connectivity index (χ3v) is 5.11. The van der Waals surface area contributed by atoms with Crippen molar-refractivity contribution in [1.29, 1.82) is 0 Å². The molecule has 26 heavy (non-hydrogen) atoms. The van der Waals surface area contributed by atoms with Crippen molar-refractivity contribution in [1.82, 2.24) is 5.32 Å². The molecule has 0 spiro atoms.